The van der Waals surface area contributed by atoms with E-state index in [9.17, 15) is 9.59 Å². The second kappa shape index (κ2) is 10.7. The minimum Gasteiger partial charge on any atom is -0.494 e. The van der Waals surface area contributed by atoms with E-state index < -0.39 is 5.97 Å². The van der Waals surface area contributed by atoms with Crippen molar-refractivity contribution in [2.45, 2.75) is 39.5 Å². The number of carbonyl (C=O) groups is 2. The fourth-order valence-electron chi connectivity index (χ4n) is 4.80. The predicted octanol–water partition coefficient (Wildman–Crippen LogP) is 6.92. The van der Waals surface area contributed by atoms with E-state index in [-0.39, 0.29) is 5.91 Å². The summed E-state index contributed by atoms with van der Waals surface area (Å²) in [7, 11) is 1.38. The Kier molecular flexibility index (Phi) is 7.24. The number of nitrogens with one attached hydrogen (secondary N) is 1. The Hall–Kier alpha value is -3.71. The third-order valence-corrected chi connectivity index (χ3v) is 7.86. The van der Waals surface area contributed by atoms with Crippen LogP contribution in [-0.2, 0) is 17.6 Å². The molecule has 0 bridgehead atoms. The number of aromatic nitrogens is 1. The standard InChI is InChI=1S/C30H30N2O4S/c1-4-14-36-20-9-7-8-19(16-20)25-17-23(21-10-5-6-11-24(21)31-25)28(33)32-29-27(30(34)35-3)22-13-12-18(2)15-26(22)37-29/h5-11,16-18H,4,12-15H2,1-3H3,(H,32,33)/t18-/m0/s1. The Labute approximate surface area is 220 Å². The van der Waals surface area contributed by atoms with Gasteiger partial charge < -0.3 is 14.8 Å². The fourth-order valence-corrected chi connectivity index (χ4v) is 6.20. The monoisotopic (exact) mass is 514 g/mol. The first kappa shape index (κ1) is 25.0. The molecule has 1 amide bonds. The van der Waals surface area contributed by atoms with E-state index >= 15 is 0 Å². The van der Waals surface area contributed by atoms with Gasteiger partial charge in [-0.25, -0.2) is 9.78 Å². The van der Waals surface area contributed by atoms with Crippen LogP contribution in [0, 0.1) is 5.92 Å². The fraction of sp³-hybridized carbons (Fsp3) is 0.300. The summed E-state index contributed by atoms with van der Waals surface area (Å²) >= 11 is 1.48. The lowest BCUT2D eigenvalue weighted by molar-refractivity contribution is 0.0601. The second-order valence-electron chi connectivity index (χ2n) is 9.45. The maximum absolute atomic E-state index is 13.8. The summed E-state index contributed by atoms with van der Waals surface area (Å²) in [5.74, 6) is 0.618. The predicted molar refractivity (Wildman–Crippen MR) is 148 cm³/mol. The molecule has 190 valence electrons. The first-order chi connectivity index (χ1) is 18.0. The van der Waals surface area contributed by atoms with Crippen LogP contribution in [0.2, 0.25) is 0 Å². The van der Waals surface area contributed by atoms with Gasteiger partial charge in [-0.2, -0.15) is 0 Å². The van der Waals surface area contributed by atoms with E-state index in [4.69, 9.17) is 14.5 Å². The normalized spacial score (nSPS) is 14.7. The summed E-state index contributed by atoms with van der Waals surface area (Å²) in [5, 5.41) is 4.35. The second-order valence-corrected chi connectivity index (χ2v) is 10.6. The summed E-state index contributed by atoms with van der Waals surface area (Å²) in [4.78, 5) is 32.5. The Balaban J connectivity index is 1.55. The highest BCUT2D eigenvalue weighted by molar-refractivity contribution is 7.17. The molecule has 0 aliphatic heterocycles. The zero-order chi connectivity index (χ0) is 25.9. The third kappa shape index (κ3) is 5.09. The van der Waals surface area contributed by atoms with Crippen LogP contribution >= 0.6 is 11.3 Å². The summed E-state index contributed by atoms with van der Waals surface area (Å²) in [6, 6.07) is 17.2. The van der Waals surface area contributed by atoms with Gasteiger partial charge in [0.05, 0.1) is 36.1 Å². The average molecular weight is 515 g/mol. The van der Waals surface area contributed by atoms with Gasteiger partial charge in [-0.05, 0) is 61.4 Å². The highest BCUT2D eigenvalue weighted by Crippen LogP contribution is 2.40. The molecule has 2 aromatic carbocycles. The van der Waals surface area contributed by atoms with Gasteiger partial charge in [-0.3, -0.25) is 4.79 Å². The topological polar surface area (TPSA) is 77.5 Å². The zero-order valence-electron chi connectivity index (χ0n) is 21.3. The lowest BCUT2D eigenvalue weighted by Crippen LogP contribution is -2.16. The van der Waals surface area contributed by atoms with Crippen LogP contribution in [0.5, 0.6) is 5.75 Å². The van der Waals surface area contributed by atoms with Crippen molar-refractivity contribution in [1.82, 2.24) is 4.98 Å². The molecule has 0 radical (unpaired) electrons. The molecule has 1 atom stereocenters. The number of methoxy groups -OCH3 is 1. The number of anilines is 1. The number of hydrogen-bond donors (Lipinski definition) is 1. The minimum absolute atomic E-state index is 0.282. The number of rotatable bonds is 7. The molecule has 7 heteroatoms. The van der Waals surface area contributed by atoms with Gasteiger partial charge in [0, 0.05) is 15.8 Å². The molecule has 1 aliphatic carbocycles. The maximum atomic E-state index is 13.8. The number of pyridine rings is 1. The smallest absolute Gasteiger partial charge is 0.341 e. The van der Waals surface area contributed by atoms with Crippen molar-refractivity contribution in [2.24, 2.45) is 5.92 Å². The lowest BCUT2D eigenvalue weighted by Gasteiger charge is -2.18. The van der Waals surface area contributed by atoms with Crippen molar-refractivity contribution in [3.63, 3.8) is 0 Å². The Morgan fingerprint density at radius 2 is 1.97 bits per heavy atom. The van der Waals surface area contributed by atoms with Gasteiger partial charge >= 0.3 is 5.97 Å². The van der Waals surface area contributed by atoms with E-state index in [0.29, 0.717) is 34.3 Å². The SMILES string of the molecule is CCCOc1cccc(-c2cc(C(=O)Nc3sc4c(c3C(=O)OC)CC[C@H](C)C4)c3ccccc3n2)c1. The summed E-state index contributed by atoms with van der Waals surface area (Å²) in [5.41, 5.74) is 4.26. The molecule has 0 saturated heterocycles. The number of esters is 1. The first-order valence-electron chi connectivity index (χ1n) is 12.7. The van der Waals surface area contributed by atoms with Crippen LogP contribution < -0.4 is 10.1 Å². The molecule has 0 fully saturated rings. The molecule has 0 saturated carbocycles. The van der Waals surface area contributed by atoms with Crippen molar-refractivity contribution in [3.05, 3.63) is 76.2 Å². The molecule has 0 unspecified atom stereocenters. The average Bonchev–Trinajstić information content (AvgIpc) is 3.27. The van der Waals surface area contributed by atoms with E-state index in [1.54, 1.807) is 0 Å². The summed E-state index contributed by atoms with van der Waals surface area (Å²) < 4.78 is 10.9. The van der Waals surface area contributed by atoms with Crippen LogP contribution in [0.4, 0.5) is 5.00 Å². The van der Waals surface area contributed by atoms with Crippen molar-refractivity contribution in [2.75, 3.05) is 19.0 Å². The molecule has 1 N–H and O–H groups in total. The van der Waals surface area contributed by atoms with Crippen molar-refractivity contribution >= 4 is 39.1 Å². The Bertz CT molecular complexity index is 1480. The number of para-hydroxylation sites is 1. The van der Waals surface area contributed by atoms with Gasteiger partial charge in [-0.1, -0.05) is 44.2 Å². The summed E-state index contributed by atoms with van der Waals surface area (Å²) in [6.07, 6.45) is 3.65. The van der Waals surface area contributed by atoms with Crippen LogP contribution in [0.15, 0.2) is 54.6 Å². The van der Waals surface area contributed by atoms with Crippen molar-refractivity contribution in [3.8, 4) is 17.0 Å². The van der Waals surface area contributed by atoms with E-state index in [1.165, 1.54) is 18.4 Å². The molecule has 2 aromatic heterocycles. The maximum Gasteiger partial charge on any atom is 0.341 e. The minimum atomic E-state index is -0.411. The first-order valence-corrected chi connectivity index (χ1v) is 13.5. The largest absolute Gasteiger partial charge is 0.494 e. The molecule has 0 spiro atoms. The van der Waals surface area contributed by atoms with Crippen LogP contribution in [-0.4, -0.2) is 30.6 Å². The molecular formula is C30H30N2O4S. The van der Waals surface area contributed by atoms with Gasteiger partial charge in [-0.15, -0.1) is 11.3 Å². The third-order valence-electron chi connectivity index (χ3n) is 6.69. The van der Waals surface area contributed by atoms with Gasteiger partial charge in [0.25, 0.3) is 5.91 Å². The van der Waals surface area contributed by atoms with Crippen molar-refractivity contribution < 1.29 is 19.1 Å². The molecule has 4 aromatic rings. The number of ether oxygens (including phenoxy) is 2. The van der Waals surface area contributed by atoms with Crippen LogP contribution in [0.1, 0.15) is 57.8 Å². The van der Waals surface area contributed by atoms with Crippen molar-refractivity contribution in [1.29, 1.82) is 0 Å². The number of carbonyl (C=O) groups excluding carboxylic acids is 2. The Morgan fingerprint density at radius 1 is 1.14 bits per heavy atom. The Morgan fingerprint density at radius 3 is 2.78 bits per heavy atom. The highest BCUT2D eigenvalue weighted by atomic mass is 32.1. The lowest BCUT2D eigenvalue weighted by atomic mass is 9.88. The van der Waals surface area contributed by atoms with Gasteiger partial charge in [0.2, 0.25) is 0 Å². The summed E-state index contributed by atoms with van der Waals surface area (Å²) in [6.45, 7) is 4.91. The molecular weight excluding hydrogens is 484 g/mol. The van der Waals surface area contributed by atoms with E-state index in [0.717, 1.165) is 58.3 Å². The van der Waals surface area contributed by atoms with Gasteiger partial charge in [0.15, 0.2) is 0 Å². The zero-order valence-corrected chi connectivity index (χ0v) is 22.1. The number of nitrogens with zero attached hydrogens (tertiary/aromatic N) is 1. The number of fused-ring (bicyclic) bond motifs is 2. The molecule has 37 heavy (non-hydrogen) atoms. The number of thiophene rings is 1. The van der Waals surface area contributed by atoms with Crippen LogP contribution in [0.25, 0.3) is 22.2 Å². The van der Waals surface area contributed by atoms with Gasteiger partial charge in [0.1, 0.15) is 10.8 Å². The molecule has 5 rings (SSSR count). The van der Waals surface area contributed by atoms with Crippen LogP contribution in [0.3, 0.4) is 0 Å². The molecule has 1 aliphatic rings. The number of benzene rings is 2. The van der Waals surface area contributed by atoms with E-state index in [1.807, 2.05) is 54.6 Å². The quantitative estimate of drug-likeness (QED) is 0.271. The molecule has 2 heterocycles. The number of amides is 1. The number of hydrogen-bond acceptors (Lipinski definition) is 6. The molecule has 6 nitrogen and oxygen atoms in total. The highest BCUT2D eigenvalue weighted by Gasteiger charge is 2.29. The van der Waals surface area contributed by atoms with E-state index in [2.05, 4.69) is 19.2 Å².